The quantitative estimate of drug-likeness (QED) is 0.272. The largest absolute Gasteiger partial charge is 0.490 e. The van der Waals surface area contributed by atoms with Gasteiger partial charge in [0.15, 0.2) is 0 Å². The molecule has 1 saturated heterocycles. The summed E-state index contributed by atoms with van der Waals surface area (Å²) in [7, 11) is 0. The van der Waals surface area contributed by atoms with Gasteiger partial charge in [-0.2, -0.15) is 13.2 Å². The third kappa shape index (κ3) is 5.43. The van der Waals surface area contributed by atoms with Crippen LogP contribution in [-0.4, -0.2) is 63.6 Å². The molecule has 4 unspecified atom stereocenters. The molecule has 35 heavy (non-hydrogen) atoms. The lowest BCUT2D eigenvalue weighted by Crippen LogP contribution is -2.64. The summed E-state index contributed by atoms with van der Waals surface area (Å²) in [5.41, 5.74) is -2.76. The monoisotopic (exact) mass is 542 g/mol. The fraction of sp³-hybridized carbons (Fsp3) is 0.870. The van der Waals surface area contributed by atoms with Crippen molar-refractivity contribution in [1.29, 1.82) is 0 Å². The van der Waals surface area contributed by atoms with Gasteiger partial charge in [-0.25, -0.2) is 14.0 Å². The second-order valence-electron chi connectivity index (χ2n) is 10.7. The zero-order valence-corrected chi connectivity index (χ0v) is 21.5. The minimum absolute atomic E-state index is 0.00951. The topological polar surface area (TPSA) is 78.9 Å². The minimum Gasteiger partial charge on any atom is -0.465 e. The maximum absolute atomic E-state index is 14.2. The van der Waals surface area contributed by atoms with Crippen molar-refractivity contribution < 1.29 is 46.2 Å². The maximum Gasteiger partial charge on any atom is 0.490 e. The van der Waals surface area contributed by atoms with Gasteiger partial charge < -0.3 is 14.2 Å². The first-order valence-electron chi connectivity index (χ1n) is 11.7. The number of esters is 3. The van der Waals surface area contributed by atoms with E-state index in [0.29, 0.717) is 24.5 Å². The van der Waals surface area contributed by atoms with E-state index < -0.39 is 47.9 Å². The van der Waals surface area contributed by atoms with Crippen molar-refractivity contribution in [2.75, 3.05) is 19.0 Å². The molecule has 4 saturated carbocycles. The number of carbonyl (C=O) groups is 3. The molecule has 0 aromatic rings. The third-order valence-corrected chi connectivity index (χ3v) is 11.8. The Morgan fingerprint density at radius 2 is 1.57 bits per heavy atom. The van der Waals surface area contributed by atoms with E-state index in [2.05, 4.69) is 4.74 Å². The van der Waals surface area contributed by atoms with E-state index in [4.69, 9.17) is 9.47 Å². The van der Waals surface area contributed by atoms with E-state index in [1.807, 2.05) is 0 Å². The summed E-state index contributed by atoms with van der Waals surface area (Å²) in [6.45, 7) is 3.25. The van der Waals surface area contributed by atoms with Crippen LogP contribution < -0.4 is 0 Å². The Kier molecular flexibility index (Phi) is 7.14. The van der Waals surface area contributed by atoms with Gasteiger partial charge in [0.2, 0.25) is 5.67 Å². The van der Waals surface area contributed by atoms with Gasteiger partial charge >= 0.3 is 24.1 Å². The number of rotatable bonds is 6. The average molecular weight is 543 g/mol. The van der Waals surface area contributed by atoms with E-state index >= 15 is 0 Å². The molecule has 6 nitrogen and oxygen atoms in total. The van der Waals surface area contributed by atoms with Crippen molar-refractivity contribution in [2.24, 2.45) is 23.7 Å². The van der Waals surface area contributed by atoms with Crippen molar-refractivity contribution in [1.82, 2.24) is 0 Å². The van der Waals surface area contributed by atoms with E-state index in [9.17, 15) is 31.9 Å². The Morgan fingerprint density at radius 1 is 0.943 bits per heavy atom. The molecule has 4 atom stereocenters. The summed E-state index contributed by atoms with van der Waals surface area (Å²) in [4.78, 5) is 35.1. The lowest BCUT2D eigenvalue weighted by atomic mass is 9.53. The van der Waals surface area contributed by atoms with Crippen LogP contribution >= 0.6 is 23.5 Å². The molecule has 0 N–H and O–H groups in total. The molecule has 4 aliphatic carbocycles. The lowest BCUT2D eigenvalue weighted by molar-refractivity contribution is -0.201. The fourth-order valence-electron chi connectivity index (χ4n) is 6.23. The van der Waals surface area contributed by atoms with Crippen molar-refractivity contribution in [3.8, 4) is 0 Å². The number of ether oxygens (including phenoxy) is 3. The van der Waals surface area contributed by atoms with Gasteiger partial charge in [0.1, 0.15) is 12.2 Å². The van der Waals surface area contributed by atoms with Crippen molar-refractivity contribution in [2.45, 2.75) is 79.7 Å². The zero-order valence-electron chi connectivity index (χ0n) is 19.8. The van der Waals surface area contributed by atoms with Crippen LogP contribution in [-0.2, 0) is 28.6 Å². The molecule has 1 spiro atoms. The molecule has 198 valence electrons. The SMILES string of the molecule is CC(=O)OCC1SC2(SCC1COC(=O)C(F)(F)F)C1CC3CC2CC(OC(=O)C(C)(C)F)(C3)C1. The first-order valence-corrected chi connectivity index (χ1v) is 13.6. The summed E-state index contributed by atoms with van der Waals surface area (Å²) >= 11 is 3.27. The van der Waals surface area contributed by atoms with E-state index in [-0.39, 0.29) is 27.8 Å². The molecule has 5 rings (SSSR count). The van der Waals surface area contributed by atoms with Gasteiger partial charge in [-0.1, -0.05) is 0 Å². The van der Waals surface area contributed by atoms with Gasteiger partial charge in [-0.15, -0.1) is 23.5 Å². The Balaban J connectivity index is 1.50. The van der Waals surface area contributed by atoms with Crippen LogP contribution in [0, 0.1) is 23.7 Å². The molecule has 5 fully saturated rings. The summed E-state index contributed by atoms with van der Waals surface area (Å²) < 4.78 is 67.4. The normalized spacial score (nSPS) is 38.3. The molecule has 0 aromatic carbocycles. The number of hydrogen-bond donors (Lipinski definition) is 0. The standard InChI is InChI=1S/C23H30F4O6S2/c1-12(28)31-10-17-14(9-32-19(30)23(25,26)27)11-34-22(35-17)15-4-13-5-16(22)8-21(6-13,7-15)33-18(29)20(2,3)24/h13-17H,4-11H2,1-3H3. The highest BCUT2D eigenvalue weighted by Gasteiger charge is 2.66. The number of halogens is 4. The van der Waals surface area contributed by atoms with Gasteiger partial charge in [0.05, 0.1) is 10.7 Å². The smallest absolute Gasteiger partial charge is 0.465 e. The van der Waals surface area contributed by atoms with Crippen LogP contribution in [0.1, 0.15) is 52.9 Å². The van der Waals surface area contributed by atoms with Crippen LogP contribution in [0.2, 0.25) is 0 Å². The summed E-state index contributed by atoms with van der Waals surface area (Å²) in [5.74, 6) is -2.84. The second kappa shape index (κ2) is 9.29. The summed E-state index contributed by atoms with van der Waals surface area (Å²) in [6, 6.07) is 0. The van der Waals surface area contributed by atoms with Crippen molar-refractivity contribution in [3.63, 3.8) is 0 Å². The van der Waals surface area contributed by atoms with Crippen molar-refractivity contribution in [3.05, 3.63) is 0 Å². The van der Waals surface area contributed by atoms with Gasteiger partial charge in [0, 0.05) is 23.8 Å². The number of hydrogen-bond acceptors (Lipinski definition) is 8. The number of thioether (sulfide) groups is 2. The van der Waals surface area contributed by atoms with Crippen LogP contribution in [0.5, 0.6) is 0 Å². The molecule has 12 heteroatoms. The Bertz CT molecular complexity index is 857. The fourth-order valence-corrected chi connectivity index (χ4v) is 10.6. The van der Waals surface area contributed by atoms with E-state index in [1.54, 1.807) is 23.5 Å². The molecule has 0 amide bonds. The molecule has 0 aromatic heterocycles. The Labute approximate surface area is 209 Å². The van der Waals surface area contributed by atoms with Crippen LogP contribution in [0.3, 0.4) is 0 Å². The molecule has 0 radical (unpaired) electrons. The minimum atomic E-state index is -5.07. The first-order chi connectivity index (χ1) is 16.1. The molecule has 1 heterocycles. The molecule has 5 aliphatic rings. The molecule has 4 bridgehead atoms. The first kappa shape index (κ1) is 26.9. The molecular formula is C23H30F4O6S2. The molecular weight excluding hydrogens is 512 g/mol. The highest BCUT2D eigenvalue weighted by atomic mass is 32.2. The number of carbonyl (C=O) groups excluding carboxylic acids is 3. The predicted octanol–water partition coefficient (Wildman–Crippen LogP) is 4.69. The predicted molar refractivity (Wildman–Crippen MR) is 121 cm³/mol. The van der Waals surface area contributed by atoms with Gasteiger partial charge in [0.25, 0.3) is 0 Å². The third-order valence-electron chi connectivity index (χ3n) is 7.56. The van der Waals surface area contributed by atoms with Gasteiger partial charge in [-0.3, -0.25) is 4.79 Å². The second-order valence-corrected chi connectivity index (χ2v) is 13.8. The van der Waals surface area contributed by atoms with Crippen molar-refractivity contribution >= 4 is 41.4 Å². The lowest BCUT2D eigenvalue weighted by Gasteiger charge is -2.65. The van der Waals surface area contributed by atoms with Crippen LogP contribution in [0.25, 0.3) is 0 Å². The summed E-state index contributed by atoms with van der Waals surface area (Å²) in [6.07, 6.45) is -1.26. The van der Waals surface area contributed by atoms with Gasteiger partial charge in [-0.05, 0) is 63.7 Å². The average Bonchev–Trinajstić information content (AvgIpc) is 2.72. The van der Waals surface area contributed by atoms with E-state index in [0.717, 1.165) is 19.3 Å². The Morgan fingerprint density at radius 3 is 2.11 bits per heavy atom. The number of alkyl halides is 4. The van der Waals surface area contributed by atoms with E-state index in [1.165, 1.54) is 20.8 Å². The highest BCUT2D eigenvalue weighted by Crippen LogP contribution is 2.71. The Hall–Kier alpha value is -1.17. The highest BCUT2D eigenvalue weighted by molar-refractivity contribution is 8.19. The zero-order chi connectivity index (χ0) is 25.8. The summed E-state index contributed by atoms with van der Waals surface area (Å²) in [5, 5.41) is -0.345. The molecule has 1 aliphatic heterocycles. The van der Waals surface area contributed by atoms with Crippen LogP contribution in [0.4, 0.5) is 17.6 Å². The van der Waals surface area contributed by atoms with Crippen LogP contribution in [0.15, 0.2) is 0 Å². The maximum atomic E-state index is 14.2.